The van der Waals surface area contributed by atoms with Crippen molar-refractivity contribution in [1.82, 2.24) is 14.9 Å². The Labute approximate surface area is 151 Å². The van der Waals surface area contributed by atoms with E-state index in [2.05, 4.69) is 59.0 Å². The fourth-order valence-corrected chi connectivity index (χ4v) is 3.15. The van der Waals surface area contributed by atoms with Crippen LogP contribution in [0, 0.1) is 0 Å². The lowest BCUT2D eigenvalue weighted by Gasteiger charge is -2.22. The highest BCUT2D eigenvalue weighted by molar-refractivity contribution is 5.79. The SMILES string of the molecule is CCCCN(CCCC)Cc1ccc(-c2nc3ccccc3[nH]2)cc1. The first kappa shape index (κ1) is 17.7. The molecule has 2 aromatic carbocycles. The number of aromatic amines is 1. The Bertz CT molecular complexity index is 732. The summed E-state index contributed by atoms with van der Waals surface area (Å²) in [6.07, 6.45) is 5.07. The van der Waals surface area contributed by atoms with Gasteiger partial charge in [-0.15, -0.1) is 0 Å². The molecule has 0 unspecified atom stereocenters. The third kappa shape index (κ3) is 4.70. The lowest BCUT2D eigenvalue weighted by molar-refractivity contribution is 0.257. The molecule has 25 heavy (non-hydrogen) atoms. The molecule has 1 N–H and O–H groups in total. The van der Waals surface area contributed by atoms with Gasteiger partial charge in [-0.2, -0.15) is 0 Å². The molecule has 3 rings (SSSR count). The zero-order chi connectivity index (χ0) is 17.5. The van der Waals surface area contributed by atoms with Gasteiger partial charge in [-0.1, -0.05) is 63.1 Å². The molecular formula is C22H29N3. The van der Waals surface area contributed by atoms with Crippen molar-refractivity contribution in [2.75, 3.05) is 13.1 Å². The number of aromatic nitrogens is 2. The molecule has 132 valence electrons. The van der Waals surface area contributed by atoms with E-state index in [0.29, 0.717) is 0 Å². The maximum Gasteiger partial charge on any atom is 0.138 e. The van der Waals surface area contributed by atoms with Crippen molar-refractivity contribution < 1.29 is 0 Å². The predicted octanol–water partition coefficient (Wildman–Crippen LogP) is 5.63. The van der Waals surface area contributed by atoms with Crippen molar-refractivity contribution in [3.05, 3.63) is 54.1 Å². The van der Waals surface area contributed by atoms with Crippen LogP contribution in [-0.4, -0.2) is 28.0 Å². The molecule has 0 atom stereocenters. The number of nitrogens with zero attached hydrogens (tertiary/aromatic N) is 2. The normalized spacial score (nSPS) is 11.5. The molecule has 0 aliphatic carbocycles. The van der Waals surface area contributed by atoms with Crippen LogP contribution in [0.5, 0.6) is 0 Å². The highest BCUT2D eigenvalue weighted by atomic mass is 15.1. The van der Waals surface area contributed by atoms with Gasteiger partial charge in [0.15, 0.2) is 0 Å². The Morgan fingerprint density at radius 2 is 1.56 bits per heavy atom. The molecule has 3 aromatic rings. The number of para-hydroxylation sites is 2. The van der Waals surface area contributed by atoms with E-state index in [1.165, 1.54) is 44.3 Å². The summed E-state index contributed by atoms with van der Waals surface area (Å²) >= 11 is 0. The van der Waals surface area contributed by atoms with Crippen LogP contribution in [0.1, 0.15) is 45.1 Å². The topological polar surface area (TPSA) is 31.9 Å². The molecule has 0 aliphatic heterocycles. The number of benzene rings is 2. The van der Waals surface area contributed by atoms with Gasteiger partial charge in [0.2, 0.25) is 0 Å². The highest BCUT2D eigenvalue weighted by Crippen LogP contribution is 2.21. The summed E-state index contributed by atoms with van der Waals surface area (Å²) in [5, 5.41) is 0. The monoisotopic (exact) mass is 335 g/mol. The Hall–Kier alpha value is -2.13. The molecule has 0 radical (unpaired) electrons. The molecule has 0 fully saturated rings. The lowest BCUT2D eigenvalue weighted by Crippen LogP contribution is -2.25. The van der Waals surface area contributed by atoms with Crippen LogP contribution in [0.15, 0.2) is 48.5 Å². The number of hydrogen-bond donors (Lipinski definition) is 1. The second-order valence-corrected chi connectivity index (χ2v) is 6.78. The minimum Gasteiger partial charge on any atom is -0.338 e. The van der Waals surface area contributed by atoms with Crippen molar-refractivity contribution >= 4 is 11.0 Å². The summed E-state index contributed by atoms with van der Waals surface area (Å²) in [6.45, 7) is 7.96. The van der Waals surface area contributed by atoms with Gasteiger partial charge < -0.3 is 4.98 Å². The van der Waals surface area contributed by atoms with Crippen LogP contribution in [-0.2, 0) is 6.54 Å². The van der Waals surface area contributed by atoms with E-state index >= 15 is 0 Å². The summed E-state index contributed by atoms with van der Waals surface area (Å²) in [7, 11) is 0. The maximum atomic E-state index is 4.69. The van der Waals surface area contributed by atoms with Gasteiger partial charge in [0.1, 0.15) is 5.82 Å². The van der Waals surface area contributed by atoms with E-state index in [9.17, 15) is 0 Å². The molecule has 0 saturated heterocycles. The molecule has 0 aliphatic rings. The van der Waals surface area contributed by atoms with Crippen molar-refractivity contribution in [3.63, 3.8) is 0 Å². The highest BCUT2D eigenvalue weighted by Gasteiger charge is 2.07. The van der Waals surface area contributed by atoms with Gasteiger partial charge in [-0.25, -0.2) is 4.98 Å². The smallest absolute Gasteiger partial charge is 0.138 e. The molecule has 0 saturated carbocycles. The number of imidazole rings is 1. The second-order valence-electron chi connectivity index (χ2n) is 6.78. The van der Waals surface area contributed by atoms with Crippen molar-refractivity contribution in [2.24, 2.45) is 0 Å². The van der Waals surface area contributed by atoms with Crippen LogP contribution in [0.25, 0.3) is 22.4 Å². The number of nitrogens with one attached hydrogen (secondary N) is 1. The van der Waals surface area contributed by atoms with Crippen LogP contribution < -0.4 is 0 Å². The minimum atomic E-state index is 0.946. The minimum absolute atomic E-state index is 0.946. The van der Waals surface area contributed by atoms with Crippen LogP contribution in [0.2, 0.25) is 0 Å². The largest absolute Gasteiger partial charge is 0.338 e. The van der Waals surface area contributed by atoms with Gasteiger partial charge in [-0.05, 0) is 43.6 Å². The predicted molar refractivity (Wildman–Crippen MR) is 107 cm³/mol. The molecule has 0 amide bonds. The first-order valence-corrected chi connectivity index (χ1v) is 9.56. The number of unbranched alkanes of at least 4 members (excludes halogenated alkanes) is 2. The lowest BCUT2D eigenvalue weighted by atomic mass is 10.1. The van der Waals surface area contributed by atoms with Crippen LogP contribution in [0.3, 0.4) is 0 Å². The molecule has 1 heterocycles. The van der Waals surface area contributed by atoms with Crippen molar-refractivity contribution in [3.8, 4) is 11.4 Å². The molecule has 0 bridgehead atoms. The Morgan fingerprint density at radius 3 is 2.20 bits per heavy atom. The zero-order valence-corrected chi connectivity index (χ0v) is 15.5. The number of H-pyrrole nitrogens is 1. The van der Waals surface area contributed by atoms with E-state index < -0.39 is 0 Å². The molecule has 0 spiro atoms. The average molecular weight is 335 g/mol. The molecule has 3 nitrogen and oxygen atoms in total. The zero-order valence-electron chi connectivity index (χ0n) is 15.5. The van der Waals surface area contributed by atoms with Crippen LogP contribution >= 0.6 is 0 Å². The van der Waals surface area contributed by atoms with E-state index in [0.717, 1.165) is 29.0 Å². The van der Waals surface area contributed by atoms with E-state index in [4.69, 9.17) is 0 Å². The van der Waals surface area contributed by atoms with E-state index in [1.807, 2.05) is 18.2 Å². The molecule has 3 heteroatoms. The van der Waals surface area contributed by atoms with Gasteiger partial charge in [0.05, 0.1) is 11.0 Å². The Morgan fingerprint density at radius 1 is 0.880 bits per heavy atom. The standard InChI is InChI=1S/C22H29N3/c1-3-5-15-25(16-6-4-2)17-18-11-13-19(14-12-18)22-23-20-9-7-8-10-21(20)24-22/h7-14H,3-6,15-17H2,1-2H3,(H,23,24). The fraction of sp³-hybridized carbons (Fsp3) is 0.409. The van der Waals surface area contributed by atoms with Crippen molar-refractivity contribution in [2.45, 2.75) is 46.1 Å². The summed E-state index contributed by atoms with van der Waals surface area (Å²) in [5.41, 5.74) is 4.64. The van der Waals surface area contributed by atoms with Gasteiger partial charge in [0.25, 0.3) is 0 Å². The van der Waals surface area contributed by atoms with Gasteiger partial charge in [0, 0.05) is 12.1 Å². The van der Waals surface area contributed by atoms with E-state index in [-0.39, 0.29) is 0 Å². The van der Waals surface area contributed by atoms with Gasteiger partial charge in [-0.3, -0.25) is 4.90 Å². The number of fused-ring (bicyclic) bond motifs is 1. The maximum absolute atomic E-state index is 4.69. The molecule has 1 aromatic heterocycles. The summed E-state index contributed by atoms with van der Waals surface area (Å²) < 4.78 is 0. The van der Waals surface area contributed by atoms with Crippen LogP contribution in [0.4, 0.5) is 0 Å². The van der Waals surface area contributed by atoms with E-state index in [1.54, 1.807) is 0 Å². The Kier molecular flexibility index (Phi) is 6.24. The summed E-state index contributed by atoms with van der Waals surface area (Å²) in [5.74, 6) is 0.946. The summed E-state index contributed by atoms with van der Waals surface area (Å²) in [4.78, 5) is 10.7. The van der Waals surface area contributed by atoms with Gasteiger partial charge >= 0.3 is 0 Å². The first-order chi connectivity index (χ1) is 12.3. The summed E-state index contributed by atoms with van der Waals surface area (Å²) in [6, 6.07) is 17.0. The third-order valence-electron chi connectivity index (χ3n) is 4.68. The number of hydrogen-bond acceptors (Lipinski definition) is 2. The quantitative estimate of drug-likeness (QED) is 0.549. The average Bonchev–Trinajstić information content (AvgIpc) is 3.08. The first-order valence-electron chi connectivity index (χ1n) is 9.56. The Balaban J connectivity index is 1.70. The third-order valence-corrected chi connectivity index (χ3v) is 4.68. The number of rotatable bonds is 9. The molecular weight excluding hydrogens is 306 g/mol. The fourth-order valence-electron chi connectivity index (χ4n) is 3.15. The van der Waals surface area contributed by atoms with Crippen molar-refractivity contribution in [1.29, 1.82) is 0 Å². The second kappa shape index (κ2) is 8.82.